The SMILES string of the molecule is CC(C)CC(=O)NC(NC(=O)CC(C)C)c1ccc(N(C)C)cc1. The molecule has 2 N–H and O–H groups in total. The highest BCUT2D eigenvalue weighted by atomic mass is 16.2. The number of hydrogen-bond acceptors (Lipinski definition) is 3. The van der Waals surface area contributed by atoms with Gasteiger partial charge in [-0.05, 0) is 29.5 Å². The van der Waals surface area contributed by atoms with Crippen LogP contribution in [0, 0.1) is 11.8 Å². The summed E-state index contributed by atoms with van der Waals surface area (Å²) in [5, 5.41) is 5.87. The van der Waals surface area contributed by atoms with Crippen molar-refractivity contribution in [1.82, 2.24) is 10.6 Å². The molecule has 0 radical (unpaired) electrons. The minimum Gasteiger partial charge on any atom is -0.378 e. The van der Waals surface area contributed by atoms with Crippen molar-refractivity contribution in [2.24, 2.45) is 11.8 Å². The first-order valence-corrected chi connectivity index (χ1v) is 8.55. The average molecular weight is 333 g/mol. The molecule has 0 aliphatic rings. The van der Waals surface area contributed by atoms with E-state index in [-0.39, 0.29) is 23.7 Å². The quantitative estimate of drug-likeness (QED) is 0.719. The Labute approximate surface area is 145 Å². The molecule has 0 unspecified atom stereocenters. The van der Waals surface area contributed by atoms with Crippen LogP contribution in [0.2, 0.25) is 0 Å². The van der Waals surface area contributed by atoms with Crippen LogP contribution in [-0.4, -0.2) is 25.9 Å². The molecule has 24 heavy (non-hydrogen) atoms. The maximum Gasteiger partial charge on any atom is 0.222 e. The van der Waals surface area contributed by atoms with E-state index in [4.69, 9.17) is 0 Å². The van der Waals surface area contributed by atoms with Gasteiger partial charge >= 0.3 is 0 Å². The van der Waals surface area contributed by atoms with Gasteiger partial charge in [-0.2, -0.15) is 0 Å². The van der Waals surface area contributed by atoms with Crippen LogP contribution in [0.5, 0.6) is 0 Å². The van der Waals surface area contributed by atoms with Gasteiger partial charge in [-0.25, -0.2) is 0 Å². The highest BCUT2D eigenvalue weighted by Crippen LogP contribution is 2.17. The molecule has 0 heterocycles. The van der Waals surface area contributed by atoms with E-state index in [2.05, 4.69) is 10.6 Å². The van der Waals surface area contributed by atoms with Gasteiger partial charge in [-0.3, -0.25) is 9.59 Å². The summed E-state index contributed by atoms with van der Waals surface area (Å²) < 4.78 is 0. The summed E-state index contributed by atoms with van der Waals surface area (Å²) in [5.74, 6) is 0.425. The first kappa shape index (κ1) is 20.0. The largest absolute Gasteiger partial charge is 0.378 e. The normalized spacial score (nSPS) is 11.0. The van der Waals surface area contributed by atoms with Gasteiger partial charge in [-0.1, -0.05) is 39.8 Å². The zero-order valence-corrected chi connectivity index (χ0v) is 15.7. The Morgan fingerprint density at radius 2 is 1.29 bits per heavy atom. The number of rotatable bonds is 8. The Hall–Kier alpha value is -2.04. The lowest BCUT2D eigenvalue weighted by molar-refractivity contribution is -0.125. The van der Waals surface area contributed by atoms with Gasteiger partial charge in [0.1, 0.15) is 6.17 Å². The molecule has 0 bridgehead atoms. The molecule has 1 aromatic rings. The summed E-state index contributed by atoms with van der Waals surface area (Å²) in [7, 11) is 3.95. The zero-order chi connectivity index (χ0) is 18.3. The lowest BCUT2D eigenvalue weighted by atomic mass is 10.1. The molecular formula is C19H31N3O2. The van der Waals surface area contributed by atoms with Gasteiger partial charge in [0.2, 0.25) is 11.8 Å². The van der Waals surface area contributed by atoms with Crippen molar-refractivity contribution < 1.29 is 9.59 Å². The van der Waals surface area contributed by atoms with E-state index in [0.717, 1.165) is 11.3 Å². The minimum atomic E-state index is -0.501. The van der Waals surface area contributed by atoms with Crippen LogP contribution >= 0.6 is 0 Å². The third-order valence-electron chi connectivity index (χ3n) is 3.54. The molecule has 0 saturated carbocycles. The number of nitrogens with one attached hydrogen (secondary N) is 2. The first-order valence-electron chi connectivity index (χ1n) is 8.55. The standard InChI is InChI=1S/C19H31N3O2/c1-13(2)11-17(23)20-19(21-18(24)12-14(3)4)15-7-9-16(10-8-15)22(5)6/h7-10,13-14,19H,11-12H2,1-6H3,(H,20,23)(H,21,24). The Morgan fingerprint density at radius 3 is 1.62 bits per heavy atom. The predicted molar refractivity (Wildman–Crippen MR) is 98.7 cm³/mol. The van der Waals surface area contributed by atoms with Crippen LogP contribution in [0.4, 0.5) is 5.69 Å². The monoisotopic (exact) mass is 333 g/mol. The molecule has 0 saturated heterocycles. The number of hydrogen-bond donors (Lipinski definition) is 2. The second-order valence-electron chi connectivity index (χ2n) is 7.25. The van der Waals surface area contributed by atoms with E-state index in [0.29, 0.717) is 12.8 Å². The van der Waals surface area contributed by atoms with Gasteiger partial charge in [0.25, 0.3) is 0 Å². The highest BCUT2D eigenvalue weighted by Gasteiger charge is 2.18. The summed E-state index contributed by atoms with van der Waals surface area (Å²) in [5.41, 5.74) is 1.94. The Balaban J connectivity index is 2.90. The Kier molecular flexibility index (Phi) is 7.75. The number of anilines is 1. The fourth-order valence-corrected chi connectivity index (χ4v) is 2.35. The Bertz CT molecular complexity index is 512. The molecular weight excluding hydrogens is 302 g/mol. The van der Waals surface area contributed by atoms with Gasteiger partial charge in [0.15, 0.2) is 0 Å². The second kappa shape index (κ2) is 9.30. The molecule has 0 atom stereocenters. The van der Waals surface area contributed by atoms with E-state index in [9.17, 15) is 9.59 Å². The number of benzene rings is 1. The molecule has 0 aliphatic heterocycles. The maximum atomic E-state index is 12.1. The van der Waals surface area contributed by atoms with Crippen LogP contribution in [0.25, 0.3) is 0 Å². The van der Waals surface area contributed by atoms with E-state index in [1.165, 1.54) is 0 Å². The van der Waals surface area contributed by atoms with Crippen molar-refractivity contribution in [1.29, 1.82) is 0 Å². The van der Waals surface area contributed by atoms with E-state index >= 15 is 0 Å². The molecule has 5 heteroatoms. The fourth-order valence-electron chi connectivity index (χ4n) is 2.35. The van der Waals surface area contributed by atoms with Crippen molar-refractivity contribution in [3.63, 3.8) is 0 Å². The molecule has 0 aromatic heterocycles. The summed E-state index contributed by atoms with van der Waals surface area (Å²) in [6.45, 7) is 7.99. The van der Waals surface area contributed by atoms with Crippen LogP contribution < -0.4 is 15.5 Å². The molecule has 2 amide bonds. The van der Waals surface area contributed by atoms with Crippen LogP contribution in [0.15, 0.2) is 24.3 Å². The third kappa shape index (κ3) is 7.02. The number of amides is 2. The van der Waals surface area contributed by atoms with Gasteiger partial charge in [0.05, 0.1) is 0 Å². The summed E-state index contributed by atoms with van der Waals surface area (Å²) in [6.07, 6.45) is 0.372. The van der Waals surface area contributed by atoms with Crippen molar-refractivity contribution in [3.05, 3.63) is 29.8 Å². The molecule has 0 fully saturated rings. The number of carbonyl (C=O) groups is 2. The smallest absolute Gasteiger partial charge is 0.222 e. The summed E-state index contributed by atoms with van der Waals surface area (Å²) in [4.78, 5) is 26.3. The van der Waals surface area contributed by atoms with E-state index in [1.54, 1.807) is 0 Å². The molecule has 134 valence electrons. The molecule has 5 nitrogen and oxygen atoms in total. The molecule has 1 aromatic carbocycles. The second-order valence-corrected chi connectivity index (χ2v) is 7.25. The zero-order valence-electron chi connectivity index (χ0n) is 15.7. The number of carbonyl (C=O) groups excluding carboxylic acids is 2. The summed E-state index contributed by atoms with van der Waals surface area (Å²) >= 11 is 0. The van der Waals surface area contributed by atoms with Crippen molar-refractivity contribution in [2.45, 2.75) is 46.7 Å². The highest BCUT2D eigenvalue weighted by molar-refractivity contribution is 5.79. The first-order chi connectivity index (χ1) is 11.2. The van der Waals surface area contributed by atoms with Crippen LogP contribution in [-0.2, 0) is 9.59 Å². The predicted octanol–water partition coefficient (Wildman–Crippen LogP) is 3.08. The lowest BCUT2D eigenvalue weighted by Crippen LogP contribution is -2.41. The van der Waals surface area contributed by atoms with E-state index < -0.39 is 6.17 Å². The molecule has 0 aliphatic carbocycles. The maximum absolute atomic E-state index is 12.1. The van der Waals surface area contributed by atoms with Gasteiger partial charge < -0.3 is 15.5 Å². The average Bonchev–Trinajstić information content (AvgIpc) is 2.44. The fraction of sp³-hybridized carbons (Fsp3) is 0.579. The van der Waals surface area contributed by atoms with Gasteiger partial charge in [0, 0.05) is 32.6 Å². The van der Waals surface area contributed by atoms with Crippen LogP contribution in [0.3, 0.4) is 0 Å². The Morgan fingerprint density at radius 1 is 0.875 bits per heavy atom. The summed E-state index contributed by atoms with van der Waals surface area (Å²) in [6, 6.07) is 7.83. The van der Waals surface area contributed by atoms with Crippen molar-refractivity contribution in [3.8, 4) is 0 Å². The lowest BCUT2D eigenvalue weighted by Gasteiger charge is -2.23. The number of nitrogens with zero attached hydrogens (tertiary/aromatic N) is 1. The molecule has 1 rings (SSSR count). The van der Waals surface area contributed by atoms with E-state index in [1.807, 2.05) is 71.0 Å². The topological polar surface area (TPSA) is 61.4 Å². The minimum absolute atomic E-state index is 0.0588. The van der Waals surface area contributed by atoms with Crippen molar-refractivity contribution in [2.75, 3.05) is 19.0 Å². The van der Waals surface area contributed by atoms with Gasteiger partial charge in [-0.15, -0.1) is 0 Å². The molecule has 0 spiro atoms. The van der Waals surface area contributed by atoms with Crippen LogP contribution in [0.1, 0.15) is 52.3 Å². The van der Waals surface area contributed by atoms with Crippen molar-refractivity contribution >= 4 is 17.5 Å². The third-order valence-corrected chi connectivity index (χ3v) is 3.54.